The Labute approximate surface area is 216 Å². The normalized spacial score (nSPS) is 14.9. The van der Waals surface area contributed by atoms with Crippen molar-refractivity contribution in [3.63, 3.8) is 0 Å². The third kappa shape index (κ3) is 4.85. The van der Waals surface area contributed by atoms with E-state index in [9.17, 15) is 14.1 Å². The van der Waals surface area contributed by atoms with Gasteiger partial charge in [0.2, 0.25) is 5.95 Å². The van der Waals surface area contributed by atoms with Crippen molar-refractivity contribution in [2.45, 2.75) is 39.0 Å². The predicted octanol–water partition coefficient (Wildman–Crippen LogP) is 2.79. The zero-order valence-electron chi connectivity index (χ0n) is 21.0. The molecular formula is C26H29N7O3S. The van der Waals surface area contributed by atoms with Crippen LogP contribution in [0.5, 0.6) is 0 Å². The Morgan fingerprint density at radius 3 is 2.76 bits per heavy atom. The quantitative estimate of drug-likeness (QED) is 0.361. The van der Waals surface area contributed by atoms with E-state index in [2.05, 4.69) is 32.9 Å². The molecule has 10 nitrogen and oxygen atoms in total. The van der Waals surface area contributed by atoms with Gasteiger partial charge in [-0.15, -0.1) is 6.58 Å². The van der Waals surface area contributed by atoms with Gasteiger partial charge in [-0.1, -0.05) is 18.2 Å². The average Bonchev–Trinajstić information content (AvgIpc) is 3.14. The summed E-state index contributed by atoms with van der Waals surface area (Å²) in [6.45, 7) is 8.72. The molecule has 4 aromatic rings. The number of anilines is 2. The second kappa shape index (κ2) is 9.66. The van der Waals surface area contributed by atoms with Crippen molar-refractivity contribution in [3.8, 4) is 5.82 Å². The van der Waals surface area contributed by atoms with Gasteiger partial charge in [-0.05, 0) is 55.7 Å². The predicted molar refractivity (Wildman–Crippen MR) is 144 cm³/mol. The van der Waals surface area contributed by atoms with E-state index in [0.717, 1.165) is 24.2 Å². The minimum atomic E-state index is -1.16. The van der Waals surface area contributed by atoms with E-state index in [1.54, 1.807) is 49.1 Å². The summed E-state index contributed by atoms with van der Waals surface area (Å²) in [6.07, 6.45) is 5.67. The first-order chi connectivity index (χ1) is 17.7. The number of aliphatic hydroxyl groups is 1. The third-order valence-corrected chi connectivity index (χ3v) is 7.40. The summed E-state index contributed by atoms with van der Waals surface area (Å²) < 4.78 is 17.0. The SMILES string of the molecule is C=CCn1c(=O)c2cnc(Nc3ccc4c(c3)CN(S(C)=O)CC4)nc2n1-c1cccc(C(C)(C)O)n1. The molecule has 3 aromatic heterocycles. The summed E-state index contributed by atoms with van der Waals surface area (Å²) in [6, 6.07) is 11.3. The van der Waals surface area contributed by atoms with Gasteiger partial charge < -0.3 is 10.4 Å². The average molecular weight is 520 g/mol. The van der Waals surface area contributed by atoms with Crippen molar-refractivity contribution in [2.75, 3.05) is 18.1 Å². The van der Waals surface area contributed by atoms with Gasteiger partial charge in [0.1, 0.15) is 11.0 Å². The maximum atomic E-state index is 13.2. The summed E-state index contributed by atoms with van der Waals surface area (Å²) in [5.41, 5.74) is 2.56. The zero-order valence-corrected chi connectivity index (χ0v) is 21.8. The van der Waals surface area contributed by atoms with Crippen LogP contribution in [0, 0.1) is 0 Å². The van der Waals surface area contributed by atoms with E-state index in [1.807, 2.05) is 16.4 Å². The number of nitrogens with zero attached hydrogens (tertiary/aromatic N) is 6. The van der Waals surface area contributed by atoms with Gasteiger partial charge in [-0.3, -0.25) is 4.79 Å². The first-order valence-electron chi connectivity index (χ1n) is 11.9. The highest BCUT2D eigenvalue weighted by atomic mass is 32.2. The fraction of sp³-hybridized carbons (Fsp3) is 0.308. The fourth-order valence-electron chi connectivity index (χ4n) is 4.45. The Balaban J connectivity index is 1.57. The van der Waals surface area contributed by atoms with Crippen molar-refractivity contribution in [1.29, 1.82) is 0 Å². The number of hydrogen-bond donors (Lipinski definition) is 2. The zero-order chi connectivity index (χ0) is 26.3. The minimum Gasteiger partial charge on any atom is -0.384 e. The highest BCUT2D eigenvalue weighted by Crippen LogP contribution is 2.26. The van der Waals surface area contributed by atoms with Gasteiger partial charge in [0.25, 0.3) is 5.56 Å². The molecule has 1 aliphatic heterocycles. The fourth-order valence-corrected chi connectivity index (χ4v) is 5.12. The Bertz CT molecular complexity index is 1590. The lowest BCUT2D eigenvalue weighted by molar-refractivity contribution is 0.0738. The van der Waals surface area contributed by atoms with Crippen molar-refractivity contribution >= 4 is 33.7 Å². The van der Waals surface area contributed by atoms with E-state index in [0.29, 0.717) is 35.0 Å². The van der Waals surface area contributed by atoms with E-state index < -0.39 is 16.6 Å². The summed E-state index contributed by atoms with van der Waals surface area (Å²) in [7, 11) is -1.02. The molecule has 1 aromatic carbocycles. The summed E-state index contributed by atoms with van der Waals surface area (Å²) in [5.74, 6) is 0.766. The van der Waals surface area contributed by atoms with E-state index in [-0.39, 0.29) is 12.1 Å². The second-order valence-electron chi connectivity index (χ2n) is 9.50. The largest absolute Gasteiger partial charge is 0.384 e. The number of fused-ring (bicyclic) bond motifs is 2. The van der Waals surface area contributed by atoms with Gasteiger partial charge in [0, 0.05) is 31.2 Å². The Kier molecular flexibility index (Phi) is 6.52. The van der Waals surface area contributed by atoms with Crippen LogP contribution in [0.2, 0.25) is 0 Å². The van der Waals surface area contributed by atoms with Crippen molar-refractivity contribution in [1.82, 2.24) is 28.6 Å². The van der Waals surface area contributed by atoms with Crippen LogP contribution in [-0.2, 0) is 36.1 Å². The summed E-state index contributed by atoms with van der Waals surface area (Å²) in [5, 5.41) is 14.1. The topological polar surface area (TPSA) is 118 Å². The van der Waals surface area contributed by atoms with Crippen molar-refractivity contribution in [2.24, 2.45) is 0 Å². The third-order valence-electron chi connectivity index (χ3n) is 6.36. The summed E-state index contributed by atoms with van der Waals surface area (Å²) in [4.78, 5) is 26.9. The van der Waals surface area contributed by atoms with Crippen LogP contribution in [0.3, 0.4) is 0 Å². The molecule has 1 atom stereocenters. The van der Waals surface area contributed by atoms with Gasteiger partial charge in [-0.2, -0.15) is 4.98 Å². The van der Waals surface area contributed by atoms with Gasteiger partial charge >= 0.3 is 0 Å². The van der Waals surface area contributed by atoms with Crippen LogP contribution in [0.25, 0.3) is 16.9 Å². The van der Waals surface area contributed by atoms with Crippen LogP contribution in [0.15, 0.2) is 60.0 Å². The number of aromatic nitrogens is 5. The van der Waals surface area contributed by atoms with Crippen LogP contribution in [0.4, 0.5) is 11.6 Å². The molecule has 0 spiro atoms. The highest BCUT2D eigenvalue weighted by Gasteiger charge is 2.22. The molecule has 0 radical (unpaired) electrons. The van der Waals surface area contributed by atoms with Crippen LogP contribution in [-0.4, -0.2) is 50.7 Å². The number of rotatable bonds is 7. The molecule has 1 aliphatic rings. The van der Waals surface area contributed by atoms with Crippen molar-refractivity contribution < 1.29 is 9.32 Å². The van der Waals surface area contributed by atoms with Gasteiger partial charge in [0.15, 0.2) is 11.5 Å². The molecule has 0 aliphatic carbocycles. The number of pyridine rings is 1. The van der Waals surface area contributed by atoms with Crippen LogP contribution >= 0.6 is 0 Å². The molecule has 5 rings (SSSR count). The second-order valence-corrected chi connectivity index (χ2v) is 10.9. The van der Waals surface area contributed by atoms with E-state index in [4.69, 9.17) is 0 Å². The molecule has 2 N–H and O–H groups in total. The van der Waals surface area contributed by atoms with Crippen LogP contribution < -0.4 is 10.9 Å². The molecule has 0 amide bonds. The maximum Gasteiger partial charge on any atom is 0.278 e. The molecule has 4 heterocycles. The smallest absolute Gasteiger partial charge is 0.278 e. The van der Waals surface area contributed by atoms with E-state index in [1.165, 1.54) is 16.4 Å². The Morgan fingerprint density at radius 2 is 2.03 bits per heavy atom. The standard InChI is InChI=1S/C26H29N7O3S/c1-5-12-32-24(34)20-15-27-25(28-19-10-9-17-11-13-31(37(4)36)16-18(17)14-19)30-23(20)33(32)22-8-6-7-21(29-22)26(2,3)35/h5-10,14-15,35H,1,11-13,16H2,2-4H3,(H,27,28,30). The molecule has 1 unspecified atom stereocenters. The maximum absolute atomic E-state index is 13.2. The molecule has 0 bridgehead atoms. The Hall–Kier alpha value is -3.67. The molecule has 37 heavy (non-hydrogen) atoms. The molecular weight excluding hydrogens is 490 g/mol. The Morgan fingerprint density at radius 1 is 1.22 bits per heavy atom. The molecule has 0 saturated carbocycles. The van der Waals surface area contributed by atoms with E-state index >= 15 is 0 Å². The monoisotopic (exact) mass is 519 g/mol. The lowest BCUT2D eigenvalue weighted by Crippen LogP contribution is -2.31. The number of nitrogens with one attached hydrogen (secondary N) is 1. The van der Waals surface area contributed by atoms with Gasteiger partial charge in [-0.25, -0.2) is 27.8 Å². The van der Waals surface area contributed by atoms with Gasteiger partial charge in [0.05, 0.1) is 23.2 Å². The lowest BCUT2D eigenvalue weighted by Gasteiger charge is -2.26. The van der Waals surface area contributed by atoms with Crippen molar-refractivity contribution in [3.05, 3.63) is 82.4 Å². The number of benzene rings is 1. The first-order valence-corrected chi connectivity index (χ1v) is 13.4. The number of allylic oxidation sites excluding steroid dienone is 1. The number of hydrogen-bond acceptors (Lipinski definition) is 7. The van der Waals surface area contributed by atoms with Crippen LogP contribution in [0.1, 0.15) is 30.7 Å². The highest BCUT2D eigenvalue weighted by molar-refractivity contribution is 7.81. The molecule has 0 fully saturated rings. The molecule has 0 saturated heterocycles. The lowest BCUT2D eigenvalue weighted by atomic mass is 10.0. The summed E-state index contributed by atoms with van der Waals surface area (Å²) >= 11 is 0. The molecule has 192 valence electrons. The minimum absolute atomic E-state index is 0.243. The first kappa shape index (κ1) is 25.0. The molecule has 11 heteroatoms.